The maximum absolute atomic E-state index is 11.7. The molecule has 5 heteroatoms. The van der Waals surface area contributed by atoms with Gasteiger partial charge in [0.25, 0.3) is 0 Å². The van der Waals surface area contributed by atoms with Gasteiger partial charge in [-0.15, -0.1) is 0 Å². The van der Waals surface area contributed by atoms with Gasteiger partial charge >= 0.3 is 0 Å². The standard InChI is InChI=1S/C12H11N3O2/c1-14-10-5-3-2-4-9(10)12(13-14)15-7-8(16)6-11(15)17/h2-5H,6-7H2,1H3. The Balaban J connectivity index is 2.18. The van der Waals surface area contributed by atoms with Gasteiger partial charge in [0, 0.05) is 12.4 Å². The molecule has 5 nitrogen and oxygen atoms in total. The first kappa shape index (κ1) is 10.0. The van der Waals surface area contributed by atoms with Gasteiger partial charge in [0.2, 0.25) is 5.91 Å². The summed E-state index contributed by atoms with van der Waals surface area (Å²) in [5.41, 5.74) is 0.953. The summed E-state index contributed by atoms with van der Waals surface area (Å²) in [6.07, 6.45) is -0.00903. The minimum Gasteiger partial charge on any atom is -0.297 e. The molecule has 1 amide bonds. The molecule has 0 radical (unpaired) electrons. The number of aryl methyl sites for hydroxylation is 1. The van der Waals surface area contributed by atoms with Crippen molar-refractivity contribution in [2.24, 2.45) is 7.05 Å². The molecular weight excluding hydrogens is 218 g/mol. The highest BCUT2D eigenvalue weighted by atomic mass is 16.2. The van der Waals surface area contributed by atoms with Crippen LogP contribution in [0.5, 0.6) is 0 Å². The molecule has 3 rings (SSSR count). The third-order valence-electron chi connectivity index (χ3n) is 2.98. The fourth-order valence-corrected chi connectivity index (χ4v) is 2.17. The molecule has 0 atom stereocenters. The van der Waals surface area contributed by atoms with Gasteiger partial charge < -0.3 is 0 Å². The second-order valence-corrected chi connectivity index (χ2v) is 4.16. The number of rotatable bonds is 1. The molecule has 1 aliphatic heterocycles. The summed E-state index contributed by atoms with van der Waals surface area (Å²) < 4.78 is 1.72. The molecule has 0 spiro atoms. The number of amides is 1. The lowest BCUT2D eigenvalue weighted by molar-refractivity contribution is -0.121. The number of benzene rings is 1. The largest absolute Gasteiger partial charge is 0.297 e. The quantitative estimate of drug-likeness (QED) is 0.682. The molecule has 0 unspecified atom stereocenters. The van der Waals surface area contributed by atoms with E-state index in [0.29, 0.717) is 5.82 Å². The second-order valence-electron chi connectivity index (χ2n) is 4.16. The van der Waals surface area contributed by atoms with Crippen molar-refractivity contribution in [1.82, 2.24) is 9.78 Å². The van der Waals surface area contributed by atoms with Gasteiger partial charge in [0.1, 0.15) is 0 Å². The Labute approximate surface area is 97.6 Å². The lowest BCUT2D eigenvalue weighted by Crippen LogP contribution is -2.25. The van der Waals surface area contributed by atoms with Crippen molar-refractivity contribution in [3.8, 4) is 0 Å². The number of hydrogen-bond acceptors (Lipinski definition) is 3. The lowest BCUT2D eigenvalue weighted by Gasteiger charge is -2.10. The molecule has 86 valence electrons. The number of aromatic nitrogens is 2. The average Bonchev–Trinajstić information content (AvgIpc) is 2.80. The van der Waals surface area contributed by atoms with E-state index in [9.17, 15) is 9.59 Å². The Bertz CT molecular complexity index is 630. The van der Waals surface area contributed by atoms with Crippen LogP contribution < -0.4 is 4.90 Å². The summed E-state index contributed by atoms with van der Waals surface area (Å²) in [6.45, 7) is 0.139. The van der Waals surface area contributed by atoms with Crippen LogP contribution in [-0.2, 0) is 16.6 Å². The number of para-hydroxylation sites is 1. The Morgan fingerprint density at radius 2 is 2.00 bits per heavy atom. The topological polar surface area (TPSA) is 55.2 Å². The number of nitrogens with zero attached hydrogens (tertiary/aromatic N) is 3. The number of anilines is 1. The van der Waals surface area contributed by atoms with E-state index in [1.165, 1.54) is 4.90 Å². The summed E-state index contributed by atoms with van der Waals surface area (Å²) in [4.78, 5) is 24.4. The van der Waals surface area contributed by atoms with Crippen molar-refractivity contribution in [1.29, 1.82) is 0 Å². The first-order valence-electron chi connectivity index (χ1n) is 5.40. The van der Waals surface area contributed by atoms with Gasteiger partial charge in [0.05, 0.1) is 18.5 Å². The van der Waals surface area contributed by atoms with Crippen LogP contribution in [0.2, 0.25) is 0 Å². The molecule has 17 heavy (non-hydrogen) atoms. The van der Waals surface area contributed by atoms with Gasteiger partial charge in [-0.05, 0) is 12.1 Å². The molecule has 1 aliphatic rings. The molecule has 2 aromatic rings. The van der Waals surface area contributed by atoms with Crippen LogP contribution in [-0.4, -0.2) is 28.0 Å². The molecule has 0 saturated carbocycles. The first-order valence-corrected chi connectivity index (χ1v) is 5.40. The zero-order valence-electron chi connectivity index (χ0n) is 9.38. The van der Waals surface area contributed by atoms with Gasteiger partial charge in [-0.3, -0.25) is 19.2 Å². The van der Waals surface area contributed by atoms with E-state index in [-0.39, 0.29) is 24.7 Å². The highest BCUT2D eigenvalue weighted by molar-refractivity contribution is 6.16. The van der Waals surface area contributed by atoms with Crippen LogP contribution in [0.1, 0.15) is 6.42 Å². The van der Waals surface area contributed by atoms with E-state index in [4.69, 9.17) is 0 Å². The van der Waals surface area contributed by atoms with Crippen molar-refractivity contribution in [2.45, 2.75) is 6.42 Å². The predicted molar refractivity (Wildman–Crippen MR) is 62.7 cm³/mol. The molecule has 1 aromatic heterocycles. The zero-order chi connectivity index (χ0) is 12.0. The molecule has 2 heterocycles. The number of carbonyl (C=O) groups is 2. The van der Waals surface area contributed by atoms with Crippen LogP contribution in [0.4, 0.5) is 5.82 Å². The smallest absolute Gasteiger partial charge is 0.236 e. The van der Waals surface area contributed by atoms with E-state index in [1.807, 2.05) is 31.3 Å². The Kier molecular flexibility index (Phi) is 2.01. The number of ketones is 1. The second kappa shape index (κ2) is 3.41. The molecule has 1 fully saturated rings. The van der Waals surface area contributed by atoms with Crippen LogP contribution in [0.3, 0.4) is 0 Å². The predicted octanol–water partition coefficient (Wildman–Crippen LogP) is 0.879. The molecule has 0 bridgehead atoms. The molecular formula is C12H11N3O2. The van der Waals surface area contributed by atoms with Crippen LogP contribution in [0.15, 0.2) is 24.3 Å². The van der Waals surface area contributed by atoms with Crippen molar-refractivity contribution >= 4 is 28.4 Å². The van der Waals surface area contributed by atoms with E-state index in [2.05, 4.69) is 5.10 Å². The number of hydrogen-bond donors (Lipinski definition) is 0. The van der Waals surface area contributed by atoms with Gasteiger partial charge in [-0.1, -0.05) is 12.1 Å². The maximum Gasteiger partial charge on any atom is 0.236 e. The first-order chi connectivity index (χ1) is 8.16. The fourth-order valence-electron chi connectivity index (χ4n) is 2.17. The molecule has 1 aromatic carbocycles. The molecule has 1 saturated heterocycles. The molecule has 0 aliphatic carbocycles. The zero-order valence-corrected chi connectivity index (χ0v) is 9.38. The third kappa shape index (κ3) is 1.43. The minimum absolute atomic E-state index is 0.00903. The summed E-state index contributed by atoms with van der Waals surface area (Å²) in [6, 6.07) is 7.67. The fraction of sp³-hybridized carbons (Fsp3) is 0.250. The van der Waals surface area contributed by atoms with E-state index < -0.39 is 0 Å². The van der Waals surface area contributed by atoms with Gasteiger partial charge in [0.15, 0.2) is 11.6 Å². The SMILES string of the molecule is Cn1nc(N2CC(=O)CC2=O)c2ccccc21. The third-order valence-corrected chi connectivity index (χ3v) is 2.98. The summed E-state index contributed by atoms with van der Waals surface area (Å²) in [5.74, 6) is 0.363. The van der Waals surface area contributed by atoms with Crippen molar-refractivity contribution in [3.63, 3.8) is 0 Å². The number of Topliss-reactive ketones (excluding diaryl/α,β-unsaturated/α-hetero) is 1. The van der Waals surface area contributed by atoms with Crippen LogP contribution in [0.25, 0.3) is 10.9 Å². The normalized spacial score (nSPS) is 16.2. The van der Waals surface area contributed by atoms with Gasteiger partial charge in [-0.25, -0.2) is 0 Å². The number of fused-ring (bicyclic) bond motifs is 1. The average molecular weight is 229 g/mol. The van der Waals surface area contributed by atoms with Crippen molar-refractivity contribution in [2.75, 3.05) is 11.4 Å². The highest BCUT2D eigenvalue weighted by Gasteiger charge is 2.31. The summed E-state index contributed by atoms with van der Waals surface area (Å²) >= 11 is 0. The number of carbonyl (C=O) groups excluding carboxylic acids is 2. The van der Waals surface area contributed by atoms with E-state index in [1.54, 1.807) is 4.68 Å². The lowest BCUT2D eigenvalue weighted by atomic mass is 10.2. The summed E-state index contributed by atoms with van der Waals surface area (Å²) in [7, 11) is 1.83. The Morgan fingerprint density at radius 3 is 2.71 bits per heavy atom. The van der Waals surface area contributed by atoms with Crippen molar-refractivity contribution < 1.29 is 9.59 Å². The van der Waals surface area contributed by atoms with E-state index >= 15 is 0 Å². The van der Waals surface area contributed by atoms with Crippen LogP contribution in [0, 0.1) is 0 Å². The Morgan fingerprint density at radius 1 is 1.24 bits per heavy atom. The summed E-state index contributed by atoms with van der Waals surface area (Å²) in [5, 5.41) is 5.23. The van der Waals surface area contributed by atoms with Crippen LogP contribution >= 0.6 is 0 Å². The maximum atomic E-state index is 11.7. The molecule has 0 N–H and O–H groups in total. The van der Waals surface area contributed by atoms with E-state index in [0.717, 1.165) is 10.9 Å². The van der Waals surface area contributed by atoms with Gasteiger partial charge in [-0.2, -0.15) is 5.10 Å². The Hall–Kier alpha value is -2.17. The highest BCUT2D eigenvalue weighted by Crippen LogP contribution is 2.27. The monoisotopic (exact) mass is 229 g/mol. The van der Waals surface area contributed by atoms with Crippen molar-refractivity contribution in [3.05, 3.63) is 24.3 Å². The minimum atomic E-state index is -0.168.